The number of nitrogens with zero attached hydrogens (tertiary/aromatic N) is 1. The van der Waals surface area contributed by atoms with Crippen LogP contribution >= 0.6 is 34.8 Å². The molecule has 1 N–H and O–H groups in total. The highest BCUT2D eigenvalue weighted by Crippen LogP contribution is 2.24. The molecular formula is C19H21Cl3N2O. The van der Waals surface area contributed by atoms with Crippen LogP contribution in [0.2, 0.25) is 15.1 Å². The zero-order chi connectivity index (χ0) is 17.6. The fourth-order valence-corrected chi connectivity index (χ4v) is 3.64. The summed E-state index contributed by atoms with van der Waals surface area (Å²) < 4.78 is 5.49. The van der Waals surface area contributed by atoms with Crippen molar-refractivity contribution in [1.29, 1.82) is 0 Å². The van der Waals surface area contributed by atoms with E-state index < -0.39 is 0 Å². The second kappa shape index (κ2) is 9.22. The quantitative estimate of drug-likeness (QED) is 0.754. The second-order valence-electron chi connectivity index (χ2n) is 6.08. The molecule has 0 spiro atoms. The van der Waals surface area contributed by atoms with Gasteiger partial charge in [0.05, 0.1) is 13.2 Å². The smallest absolute Gasteiger partial charge is 0.0594 e. The summed E-state index contributed by atoms with van der Waals surface area (Å²) >= 11 is 18.3. The van der Waals surface area contributed by atoms with Gasteiger partial charge in [0.15, 0.2) is 0 Å². The van der Waals surface area contributed by atoms with Crippen molar-refractivity contribution >= 4 is 34.8 Å². The third-order valence-corrected chi connectivity index (χ3v) is 5.25. The molecule has 1 heterocycles. The first-order chi connectivity index (χ1) is 12.1. The van der Waals surface area contributed by atoms with E-state index in [1.54, 1.807) is 6.07 Å². The van der Waals surface area contributed by atoms with E-state index in [4.69, 9.17) is 39.5 Å². The molecule has 25 heavy (non-hydrogen) atoms. The van der Waals surface area contributed by atoms with E-state index in [0.717, 1.165) is 43.4 Å². The molecular weight excluding hydrogens is 379 g/mol. The van der Waals surface area contributed by atoms with Crippen molar-refractivity contribution in [3.05, 3.63) is 68.7 Å². The number of morpholine rings is 1. The molecule has 0 amide bonds. The first-order valence-corrected chi connectivity index (χ1v) is 9.49. The Hall–Kier alpha value is -0.810. The largest absolute Gasteiger partial charge is 0.379 e. The summed E-state index contributed by atoms with van der Waals surface area (Å²) in [6, 6.07) is 14.0. The SMILES string of the molecule is Clc1ccc(C(CNCc2ccc(Cl)cc2Cl)N2CCOCC2)cc1. The lowest BCUT2D eigenvalue weighted by Crippen LogP contribution is -2.42. The lowest BCUT2D eigenvalue weighted by molar-refractivity contribution is 0.0161. The van der Waals surface area contributed by atoms with E-state index in [-0.39, 0.29) is 6.04 Å². The molecule has 3 nitrogen and oxygen atoms in total. The number of hydrogen-bond acceptors (Lipinski definition) is 3. The van der Waals surface area contributed by atoms with Gasteiger partial charge in [0.1, 0.15) is 0 Å². The summed E-state index contributed by atoms with van der Waals surface area (Å²) in [4.78, 5) is 2.45. The highest BCUT2D eigenvalue weighted by Gasteiger charge is 2.22. The summed E-state index contributed by atoms with van der Waals surface area (Å²) in [5.74, 6) is 0. The second-order valence-corrected chi connectivity index (χ2v) is 7.36. The Morgan fingerprint density at radius 3 is 2.32 bits per heavy atom. The van der Waals surface area contributed by atoms with Crippen LogP contribution in [0.3, 0.4) is 0 Å². The van der Waals surface area contributed by atoms with Crippen LogP contribution in [-0.4, -0.2) is 37.7 Å². The van der Waals surface area contributed by atoms with Crippen molar-refractivity contribution < 1.29 is 4.74 Å². The summed E-state index contributed by atoms with van der Waals surface area (Å²) in [5, 5.41) is 5.63. The van der Waals surface area contributed by atoms with E-state index >= 15 is 0 Å². The Bertz CT molecular complexity index is 688. The van der Waals surface area contributed by atoms with Gasteiger partial charge in [-0.3, -0.25) is 4.90 Å². The van der Waals surface area contributed by atoms with E-state index in [1.165, 1.54) is 5.56 Å². The Morgan fingerprint density at radius 2 is 1.64 bits per heavy atom. The molecule has 1 aliphatic heterocycles. The minimum atomic E-state index is 0.271. The first kappa shape index (κ1) is 19.0. The summed E-state index contributed by atoms with van der Waals surface area (Å²) in [5.41, 5.74) is 2.30. The van der Waals surface area contributed by atoms with Gasteiger partial charge in [0.2, 0.25) is 0 Å². The fraction of sp³-hybridized carbons (Fsp3) is 0.368. The highest BCUT2D eigenvalue weighted by atomic mass is 35.5. The molecule has 1 saturated heterocycles. The van der Waals surface area contributed by atoms with Crippen LogP contribution in [0.1, 0.15) is 17.2 Å². The Kier molecular flexibility index (Phi) is 7.00. The molecule has 2 aromatic rings. The van der Waals surface area contributed by atoms with Crippen LogP contribution in [-0.2, 0) is 11.3 Å². The predicted molar refractivity (Wildman–Crippen MR) is 105 cm³/mol. The number of rotatable bonds is 6. The zero-order valence-electron chi connectivity index (χ0n) is 13.9. The van der Waals surface area contributed by atoms with Crippen molar-refractivity contribution in [3.8, 4) is 0 Å². The number of ether oxygens (including phenoxy) is 1. The molecule has 1 atom stereocenters. The third kappa shape index (κ3) is 5.33. The number of halogens is 3. The molecule has 1 fully saturated rings. The zero-order valence-corrected chi connectivity index (χ0v) is 16.1. The van der Waals surface area contributed by atoms with Crippen LogP contribution in [0.5, 0.6) is 0 Å². The van der Waals surface area contributed by atoms with Gasteiger partial charge < -0.3 is 10.1 Å². The highest BCUT2D eigenvalue weighted by molar-refractivity contribution is 6.35. The van der Waals surface area contributed by atoms with Crippen molar-refractivity contribution in [2.45, 2.75) is 12.6 Å². The van der Waals surface area contributed by atoms with E-state index in [2.05, 4.69) is 22.3 Å². The fourth-order valence-electron chi connectivity index (χ4n) is 3.04. The van der Waals surface area contributed by atoms with Gasteiger partial charge in [-0.1, -0.05) is 53.0 Å². The molecule has 0 saturated carbocycles. The average Bonchev–Trinajstić information content (AvgIpc) is 2.62. The van der Waals surface area contributed by atoms with Gasteiger partial charge in [-0.25, -0.2) is 0 Å². The maximum absolute atomic E-state index is 6.26. The Balaban J connectivity index is 1.67. The molecule has 1 unspecified atom stereocenters. The molecule has 0 radical (unpaired) electrons. The van der Waals surface area contributed by atoms with Gasteiger partial charge in [0, 0.05) is 47.3 Å². The molecule has 0 bridgehead atoms. The molecule has 0 aromatic heterocycles. The van der Waals surface area contributed by atoms with Crippen LogP contribution in [0.4, 0.5) is 0 Å². The summed E-state index contributed by atoms with van der Waals surface area (Å²) in [6.07, 6.45) is 0. The Morgan fingerprint density at radius 1 is 0.960 bits per heavy atom. The standard InChI is InChI=1S/C19H21Cl3N2O/c20-16-4-1-14(2-5-16)19(24-7-9-25-10-8-24)13-23-12-15-3-6-17(21)11-18(15)22/h1-6,11,19,23H,7-10,12-13H2. The number of benzene rings is 2. The maximum Gasteiger partial charge on any atom is 0.0594 e. The minimum Gasteiger partial charge on any atom is -0.379 e. The molecule has 134 valence electrons. The van der Waals surface area contributed by atoms with Crippen LogP contribution in [0.25, 0.3) is 0 Å². The van der Waals surface area contributed by atoms with Crippen molar-refractivity contribution in [1.82, 2.24) is 10.2 Å². The molecule has 2 aromatic carbocycles. The van der Waals surface area contributed by atoms with Gasteiger partial charge >= 0.3 is 0 Å². The Labute approximate surface area is 163 Å². The number of nitrogens with one attached hydrogen (secondary N) is 1. The minimum absolute atomic E-state index is 0.271. The van der Waals surface area contributed by atoms with Crippen LogP contribution in [0.15, 0.2) is 42.5 Å². The maximum atomic E-state index is 6.26. The van der Waals surface area contributed by atoms with E-state index in [0.29, 0.717) is 16.6 Å². The molecule has 1 aliphatic rings. The van der Waals surface area contributed by atoms with Crippen LogP contribution in [0, 0.1) is 0 Å². The number of hydrogen-bond donors (Lipinski definition) is 1. The van der Waals surface area contributed by atoms with Crippen molar-refractivity contribution in [2.75, 3.05) is 32.8 Å². The molecule has 3 rings (SSSR count). The monoisotopic (exact) mass is 398 g/mol. The van der Waals surface area contributed by atoms with E-state index in [1.807, 2.05) is 24.3 Å². The third-order valence-electron chi connectivity index (χ3n) is 4.41. The predicted octanol–water partition coefficient (Wildman–Crippen LogP) is 4.81. The van der Waals surface area contributed by atoms with Gasteiger partial charge in [-0.05, 0) is 35.4 Å². The van der Waals surface area contributed by atoms with Crippen molar-refractivity contribution in [3.63, 3.8) is 0 Å². The topological polar surface area (TPSA) is 24.5 Å². The van der Waals surface area contributed by atoms with Gasteiger partial charge in [-0.15, -0.1) is 0 Å². The van der Waals surface area contributed by atoms with Gasteiger partial charge in [-0.2, -0.15) is 0 Å². The van der Waals surface area contributed by atoms with Gasteiger partial charge in [0.25, 0.3) is 0 Å². The lowest BCUT2D eigenvalue weighted by Gasteiger charge is -2.35. The molecule has 0 aliphatic carbocycles. The summed E-state index contributed by atoms with van der Waals surface area (Å²) in [6.45, 7) is 4.92. The normalized spacial score (nSPS) is 16.8. The lowest BCUT2D eigenvalue weighted by atomic mass is 10.0. The summed E-state index contributed by atoms with van der Waals surface area (Å²) in [7, 11) is 0. The average molecular weight is 400 g/mol. The van der Waals surface area contributed by atoms with E-state index in [9.17, 15) is 0 Å². The molecule has 6 heteroatoms. The van der Waals surface area contributed by atoms with Crippen LogP contribution < -0.4 is 5.32 Å². The first-order valence-electron chi connectivity index (χ1n) is 8.35. The van der Waals surface area contributed by atoms with Crippen molar-refractivity contribution in [2.24, 2.45) is 0 Å².